The van der Waals surface area contributed by atoms with Crippen molar-refractivity contribution >= 4 is 11.9 Å². The molecule has 0 aromatic heterocycles. The number of benzene rings is 1. The fourth-order valence-corrected chi connectivity index (χ4v) is 1.87. The first kappa shape index (κ1) is 18.8. The molecule has 2 N–H and O–H groups in total. The topological polar surface area (TPSA) is 75.6 Å². The number of amides is 1. The normalized spacial score (nSPS) is 11.1. The molecule has 1 amide bonds. The number of carbonyl (C=O) groups excluding carboxylic acids is 1. The zero-order valence-electron chi connectivity index (χ0n) is 12.4. The van der Waals surface area contributed by atoms with Crippen LogP contribution in [-0.2, 0) is 4.79 Å². The van der Waals surface area contributed by atoms with E-state index in [4.69, 9.17) is 5.11 Å². The molecule has 0 radical (unpaired) electrons. The fraction of sp³-hybridized carbons (Fsp3) is 0.467. The van der Waals surface area contributed by atoms with Gasteiger partial charge in [-0.25, -0.2) is 0 Å². The van der Waals surface area contributed by atoms with Gasteiger partial charge in [-0.3, -0.25) is 9.59 Å². The zero-order chi connectivity index (χ0) is 17.3. The molecule has 0 aliphatic carbocycles. The molecule has 128 valence electrons. The van der Waals surface area contributed by atoms with Gasteiger partial charge >= 0.3 is 12.3 Å². The molecule has 0 bridgehead atoms. The summed E-state index contributed by atoms with van der Waals surface area (Å²) in [6.07, 6.45) is -1.74. The van der Waals surface area contributed by atoms with Gasteiger partial charge in [-0.2, -0.15) is 0 Å². The van der Waals surface area contributed by atoms with E-state index in [2.05, 4.69) is 10.1 Å². The highest BCUT2D eigenvalue weighted by Crippen LogP contribution is 2.22. The maximum Gasteiger partial charge on any atom is 0.573 e. The fourth-order valence-electron chi connectivity index (χ4n) is 1.87. The van der Waals surface area contributed by atoms with Gasteiger partial charge in [-0.05, 0) is 37.1 Å². The van der Waals surface area contributed by atoms with Crippen LogP contribution in [0.2, 0.25) is 0 Å². The summed E-state index contributed by atoms with van der Waals surface area (Å²) in [7, 11) is 0. The monoisotopic (exact) mass is 333 g/mol. The molecule has 8 heteroatoms. The van der Waals surface area contributed by atoms with Crippen LogP contribution in [0.3, 0.4) is 0 Å². The van der Waals surface area contributed by atoms with Crippen LogP contribution in [0.4, 0.5) is 13.2 Å². The lowest BCUT2D eigenvalue weighted by atomic mass is 10.1. The molecule has 0 fully saturated rings. The Morgan fingerprint density at radius 1 is 1.04 bits per heavy atom. The number of carbonyl (C=O) groups is 2. The Balaban J connectivity index is 2.26. The van der Waals surface area contributed by atoms with E-state index in [0.29, 0.717) is 19.4 Å². The van der Waals surface area contributed by atoms with E-state index in [1.54, 1.807) is 0 Å². The number of ether oxygens (including phenoxy) is 1. The lowest BCUT2D eigenvalue weighted by molar-refractivity contribution is -0.274. The molecule has 0 atom stereocenters. The summed E-state index contributed by atoms with van der Waals surface area (Å²) < 4.78 is 39.7. The van der Waals surface area contributed by atoms with Crippen molar-refractivity contribution in [3.05, 3.63) is 29.8 Å². The summed E-state index contributed by atoms with van der Waals surface area (Å²) in [6, 6.07) is 4.66. The molecule has 0 saturated carbocycles. The third-order valence-electron chi connectivity index (χ3n) is 2.95. The van der Waals surface area contributed by atoms with E-state index in [1.807, 2.05) is 0 Å². The summed E-state index contributed by atoms with van der Waals surface area (Å²) >= 11 is 0. The predicted octanol–water partition coefficient (Wildman–Crippen LogP) is 3.35. The van der Waals surface area contributed by atoms with Crippen LogP contribution in [0.25, 0.3) is 0 Å². The second-order valence-corrected chi connectivity index (χ2v) is 4.89. The minimum Gasteiger partial charge on any atom is -0.481 e. The van der Waals surface area contributed by atoms with E-state index in [0.717, 1.165) is 25.0 Å². The van der Waals surface area contributed by atoms with E-state index >= 15 is 0 Å². The van der Waals surface area contributed by atoms with Crippen LogP contribution in [0, 0.1) is 0 Å². The minimum absolute atomic E-state index is 0.138. The first-order valence-electron chi connectivity index (χ1n) is 7.14. The number of halogens is 3. The molecule has 1 rings (SSSR count). The Kier molecular flexibility index (Phi) is 7.37. The van der Waals surface area contributed by atoms with Crippen LogP contribution >= 0.6 is 0 Å². The highest BCUT2D eigenvalue weighted by atomic mass is 19.4. The molecule has 0 saturated heterocycles. The summed E-state index contributed by atoms with van der Waals surface area (Å²) in [5, 5.41) is 11.1. The summed E-state index contributed by atoms with van der Waals surface area (Å²) in [4.78, 5) is 22.1. The first-order valence-corrected chi connectivity index (χ1v) is 7.14. The number of aliphatic carboxylic acids is 1. The quantitative estimate of drug-likeness (QED) is 0.680. The Morgan fingerprint density at radius 2 is 1.65 bits per heavy atom. The highest BCUT2D eigenvalue weighted by Gasteiger charge is 2.31. The van der Waals surface area contributed by atoms with Gasteiger partial charge < -0.3 is 15.2 Å². The standard InChI is InChI=1S/C15H18F3NO4/c16-15(17,18)23-12-8-6-11(7-9-12)14(22)19-10-4-2-1-3-5-13(20)21/h6-9H,1-5,10H2,(H,19,22)(H,20,21). The molecule has 23 heavy (non-hydrogen) atoms. The van der Waals surface area contributed by atoms with Crippen molar-refractivity contribution in [2.75, 3.05) is 6.54 Å². The molecular formula is C15H18F3NO4. The van der Waals surface area contributed by atoms with Crippen LogP contribution in [0.15, 0.2) is 24.3 Å². The van der Waals surface area contributed by atoms with Crippen molar-refractivity contribution in [1.29, 1.82) is 0 Å². The maximum atomic E-state index is 12.0. The van der Waals surface area contributed by atoms with Crippen molar-refractivity contribution in [1.82, 2.24) is 5.32 Å². The van der Waals surface area contributed by atoms with Crippen LogP contribution in [-0.4, -0.2) is 29.9 Å². The zero-order valence-corrected chi connectivity index (χ0v) is 12.4. The maximum absolute atomic E-state index is 12.0. The predicted molar refractivity (Wildman–Crippen MR) is 76.2 cm³/mol. The molecule has 0 heterocycles. The van der Waals surface area contributed by atoms with Gasteiger partial charge in [0, 0.05) is 18.5 Å². The largest absolute Gasteiger partial charge is 0.573 e. The average Bonchev–Trinajstić information content (AvgIpc) is 2.44. The number of carboxylic acid groups (broad SMARTS) is 1. The van der Waals surface area contributed by atoms with E-state index in [9.17, 15) is 22.8 Å². The van der Waals surface area contributed by atoms with Crippen molar-refractivity contribution in [2.45, 2.75) is 38.5 Å². The smallest absolute Gasteiger partial charge is 0.481 e. The second-order valence-electron chi connectivity index (χ2n) is 4.89. The van der Waals surface area contributed by atoms with Gasteiger partial charge in [0.15, 0.2) is 0 Å². The molecule has 0 aliphatic heterocycles. The Hall–Kier alpha value is -2.25. The van der Waals surface area contributed by atoms with E-state index in [-0.39, 0.29) is 23.6 Å². The third-order valence-corrected chi connectivity index (χ3v) is 2.95. The molecule has 1 aromatic carbocycles. The number of unbranched alkanes of at least 4 members (excludes halogenated alkanes) is 3. The Morgan fingerprint density at radius 3 is 2.22 bits per heavy atom. The Labute approximate surface area is 131 Å². The van der Waals surface area contributed by atoms with E-state index < -0.39 is 12.3 Å². The summed E-state index contributed by atoms with van der Waals surface area (Å²) in [5.74, 6) is -1.59. The number of hydrogen-bond donors (Lipinski definition) is 2. The van der Waals surface area contributed by atoms with Gasteiger partial charge in [0.1, 0.15) is 5.75 Å². The van der Waals surface area contributed by atoms with Crippen LogP contribution in [0.5, 0.6) is 5.75 Å². The number of carboxylic acids is 1. The highest BCUT2D eigenvalue weighted by molar-refractivity contribution is 5.94. The van der Waals surface area contributed by atoms with Gasteiger partial charge in [0.05, 0.1) is 0 Å². The molecular weight excluding hydrogens is 315 g/mol. The molecule has 0 spiro atoms. The third kappa shape index (κ3) is 8.70. The second kappa shape index (κ2) is 9.02. The van der Waals surface area contributed by atoms with E-state index in [1.165, 1.54) is 12.1 Å². The molecule has 1 aromatic rings. The van der Waals surface area contributed by atoms with Crippen molar-refractivity contribution < 1.29 is 32.6 Å². The summed E-state index contributed by atoms with van der Waals surface area (Å²) in [6.45, 7) is 0.423. The molecule has 5 nitrogen and oxygen atoms in total. The van der Waals surface area contributed by atoms with Gasteiger partial charge in [-0.15, -0.1) is 13.2 Å². The lowest BCUT2D eigenvalue weighted by Gasteiger charge is -2.09. The van der Waals surface area contributed by atoms with Crippen LogP contribution in [0.1, 0.15) is 42.5 Å². The number of rotatable bonds is 9. The number of nitrogens with one attached hydrogen (secondary N) is 1. The van der Waals surface area contributed by atoms with Crippen molar-refractivity contribution in [2.24, 2.45) is 0 Å². The lowest BCUT2D eigenvalue weighted by Crippen LogP contribution is -2.24. The number of alkyl halides is 3. The van der Waals surface area contributed by atoms with Gasteiger partial charge in [0.25, 0.3) is 5.91 Å². The molecule has 0 aliphatic rings. The summed E-state index contributed by atoms with van der Waals surface area (Å²) in [5.41, 5.74) is 0.241. The average molecular weight is 333 g/mol. The SMILES string of the molecule is O=C(O)CCCCCCNC(=O)c1ccc(OC(F)(F)F)cc1. The van der Waals surface area contributed by atoms with Crippen LogP contribution < -0.4 is 10.1 Å². The Bertz CT molecular complexity index is 514. The van der Waals surface area contributed by atoms with Crippen molar-refractivity contribution in [3.63, 3.8) is 0 Å². The number of hydrogen-bond acceptors (Lipinski definition) is 3. The van der Waals surface area contributed by atoms with Crippen molar-refractivity contribution in [3.8, 4) is 5.75 Å². The first-order chi connectivity index (χ1) is 10.8. The minimum atomic E-state index is -4.76. The molecule has 0 unspecified atom stereocenters. The van der Waals surface area contributed by atoms with Gasteiger partial charge in [0.2, 0.25) is 0 Å². The van der Waals surface area contributed by atoms with Gasteiger partial charge in [-0.1, -0.05) is 12.8 Å².